The van der Waals surface area contributed by atoms with Gasteiger partial charge >= 0.3 is 6.09 Å². The van der Waals surface area contributed by atoms with Gasteiger partial charge in [-0.15, -0.1) is 0 Å². The normalized spacial score (nSPS) is 11.0. The third kappa shape index (κ3) is 5.74. The Morgan fingerprint density at radius 1 is 1.00 bits per heavy atom. The van der Waals surface area contributed by atoms with Crippen molar-refractivity contribution in [1.82, 2.24) is 4.90 Å². The number of nitro groups is 2. The van der Waals surface area contributed by atoms with Crippen LogP contribution < -0.4 is 0 Å². The number of non-ortho nitro benzene ring substituents is 2. The second-order valence-electron chi connectivity index (χ2n) is 7.40. The Bertz CT molecular complexity index is 919. The maximum Gasteiger partial charge on any atom is 0.410 e. The fourth-order valence-corrected chi connectivity index (χ4v) is 2.68. The van der Waals surface area contributed by atoms with Gasteiger partial charge in [0.1, 0.15) is 5.60 Å². The number of carbonyl (C=O) groups is 1. The van der Waals surface area contributed by atoms with Gasteiger partial charge in [0, 0.05) is 37.4 Å². The van der Waals surface area contributed by atoms with E-state index in [2.05, 4.69) is 0 Å². The molecule has 9 nitrogen and oxygen atoms in total. The maximum absolute atomic E-state index is 12.5. The maximum atomic E-state index is 12.5. The Morgan fingerprint density at radius 2 is 1.55 bits per heavy atom. The molecule has 0 saturated carbocycles. The number of hydrogen-bond acceptors (Lipinski definition) is 6. The summed E-state index contributed by atoms with van der Waals surface area (Å²) < 4.78 is 5.42. The average molecular weight is 401 g/mol. The lowest BCUT2D eigenvalue weighted by Crippen LogP contribution is -2.36. The van der Waals surface area contributed by atoms with Crippen molar-refractivity contribution in [3.8, 4) is 11.1 Å². The Balaban J connectivity index is 2.44. The first-order valence-electron chi connectivity index (χ1n) is 9.02. The Labute approximate surface area is 168 Å². The van der Waals surface area contributed by atoms with Crippen LogP contribution in [0, 0.1) is 20.2 Å². The lowest BCUT2D eigenvalue weighted by Gasteiger charge is -2.27. The first-order valence-corrected chi connectivity index (χ1v) is 9.02. The van der Waals surface area contributed by atoms with Gasteiger partial charge in [0.25, 0.3) is 11.4 Å². The molecule has 0 aliphatic carbocycles. The van der Waals surface area contributed by atoms with Gasteiger partial charge in [-0.05, 0) is 62.6 Å². The van der Waals surface area contributed by atoms with Crippen LogP contribution in [0.3, 0.4) is 0 Å². The van der Waals surface area contributed by atoms with Gasteiger partial charge in [-0.1, -0.05) is 0 Å². The molecule has 154 valence electrons. The van der Waals surface area contributed by atoms with Crippen molar-refractivity contribution in [3.63, 3.8) is 0 Å². The highest BCUT2D eigenvalue weighted by atomic mass is 16.6. The van der Waals surface area contributed by atoms with Gasteiger partial charge in [0.2, 0.25) is 0 Å². The molecule has 0 fully saturated rings. The zero-order valence-corrected chi connectivity index (χ0v) is 16.7. The summed E-state index contributed by atoms with van der Waals surface area (Å²) in [5.74, 6) is 0. The third-order valence-corrected chi connectivity index (χ3v) is 4.09. The predicted octanol–water partition coefficient (Wildman–Crippen LogP) is 4.93. The van der Waals surface area contributed by atoms with Crippen LogP contribution in [0.5, 0.6) is 0 Å². The van der Waals surface area contributed by atoms with E-state index in [0.717, 1.165) is 0 Å². The van der Waals surface area contributed by atoms with Gasteiger partial charge in [-0.2, -0.15) is 0 Å². The summed E-state index contributed by atoms with van der Waals surface area (Å²) in [5, 5.41) is 22.1. The van der Waals surface area contributed by atoms with Crippen molar-refractivity contribution in [2.24, 2.45) is 0 Å². The summed E-state index contributed by atoms with van der Waals surface area (Å²) in [6.07, 6.45) is -0.493. The third-order valence-electron chi connectivity index (χ3n) is 4.09. The van der Waals surface area contributed by atoms with Gasteiger partial charge in [0.15, 0.2) is 0 Å². The molecule has 0 spiro atoms. The van der Waals surface area contributed by atoms with E-state index < -0.39 is 21.5 Å². The van der Waals surface area contributed by atoms with E-state index in [1.807, 2.05) is 0 Å². The van der Waals surface area contributed by atoms with E-state index in [-0.39, 0.29) is 17.9 Å². The lowest BCUT2D eigenvalue weighted by atomic mass is 9.98. The fourth-order valence-electron chi connectivity index (χ4n) is 2.68. The van der Waals surface area contributed by atoms with Gasteiger partial charge < -0.3 is 9.64 Å². The van der Waals surface area contributed by atoms with Gasteiger partial charge in [-0.25, -0.2) is 4.79 Å². The van der Waals surface area contributed by atoms with Crippen molar-refractivity contribution in [3.05, 3.63) is 68.3 Å². The van der Waals surface area contributed by atoms with Gasteiger partial charge in [0.05, 0.1) is 9.85 Å². The summed E-state index contributed by atoms with van der Waals surface area (Å²) in [6.45, 7) is 7.68. The van der Waals surface area contributed by atoms with Crippen molar-refractivity contribution in [1.29, 1.82) is 0 Å². The van der Waals surface area contributed by atoms with E-state index in [1.165, 1.54) is 41.3 Å². The molecule has 0 heterocycles. The van der Waals surface area contributed by atoms with Crippen molar-refractivity contribution in [2.75, 3.05) is 6.54 Å². The summed E-state index contributed by atoms with van der Waals surface area (Å²) >= 11 is 0. The SMILES string of the molecule is CCN(Cc1ccc([N+](=O)[O-])cc1-c1ccc([N+](=O)[O-])cc1)C(=O)OC(C)(C)C. The minimum Gasteiger partial charge on any atom is -0.444 e. The summed E-state index contributed by atoms with van der Waals surface area (Å²) in [5.41, 5.74) is 0.927. The molecule has 0 saturated heterocycles. The topological polar surface area (TPSA) is 116 Å². The number of rotatable bonds is 6. The number of amides is 1. The van der Waals surface area contributed by atoms with E-state index in [4.69, 9.17) is 4.74 Å². The molecule has 29 heavy (non-hydrogen) atoms. The summed E-state index contributed by atoms with van der Waals surface area (Å²) in [7, 11) is 0. The van der Waals surface area contributed by atoms with Crippen LogP contribution in [-0.2, 0) is 11.3 Å². The van der Waals surface area contributed by atoms with Crippen LogP contribution in [0.25, 0.3) is 11.1 Å². The second kappa shape index (κ2) is 8.68. The molecule has 0 unspecified atom stereocenters. The Morgan fingerprint density at radius 3 is 2.03 bits per heavy atom. The lowest BCUT2D eigenvalue weighted by molar-refractivity contribution is -0.384. The van der Waals surface area contributed by atoms with Crippen LogP contribution in [0.15, 0.2) is 42.5 Å². The fraction of sp³-hybridized carbons (Fsp3) is 0.350. The van der Waals surface area contributed by atoms with E-state index in [0.29, 0.717) is 23.2 Å². The minimum absolute atomic E-state index is 0.0790. The molecule has 0 aliphatic heterocycles. The van der Waals surface area contributed by atoms with E-state index in [1.54, 1.807) is 33.8 Å². The average Bonchev–Trinajstić information content (AvgIpc) is 2.64. The predicted molar refractivity (Wildman–Crippen MR) is 108 cm³/mol. The standard InChI is InChI=1S/C20H23N3O6/c1-5-21(19(24)29-20(2,3)4)13-15-8-11-17(23(27)28)12-18(15)14-6-9-16(10-7-14)22(25)26/h6-12H,5,13H2,1-4H3. The van der Waals surface area contributed by atoms with E-state index >= 15 is 0 Å². The molecule has 0 atom stereocenters. The van der Waals surface area contributed by atoms with Crippen LogP contribution in [0.1, 0.15) is 33.3 Å². The highest BCUT2D eigenvalue weighted by Crippen LogP contribution is 2.30. The second-order valence-corrected chi connectivity index (χ2v) is 7.40. The molecular weight excluding hydrogens is 378 g/mol. The molecule has 0 aliphatic rings. The Hall–Kier alpha value is -3.49. The highest BCUT2D eigenvalue weighted by molar-refractivity contribution is 5.73. The van der Waals surface area contributed by atoms with Crippen LogP contribution in [0.4, 0.5) is 16.2 Å². The largest absolute Gasteiger partial charge is 0.444 e. The van der Waals surface area contributed by atoms with Crippen LogP contribution in [0.2, 0.25) is 0 Å². The highest BCUT2D eigenvalue weighted by Gasteiger charge is 2.23. The number of hydrogen-bond donors (Lipinski definition) is 0. The number of benzene rings is 2. The van der Waals surface area contributed by atoms with Crippen LogP contribution in [-0.4, -0.2) is 33.0 Å². The first-order chi connectivity index (χ1) is 13.5. The summed E-state index contributed by atoms with van der Waals surface area (Å²) in [6, 6.07) is 10.1. The zero-order chi connectivity index (χ0) is 21.8. The smallest absolute Gasteiger partial charge is 0.410 e. The van der Waals surface area contributed by atoms with Crippen molar-refractivity contribution >= 4 is 17.5 Å². The van der Waals surface area contributed by atoms with Crippen LogP contribution >= 0.6 is 0 Å². The number of nitro benzene ring substituents is 2. The van der Waals surface area contributed by atoms with E-state index in [9.17, 15) is 25.0 Å². The van der Waals surface area contributed by atoms with Crippen molar-refractivity contribution in [2.45, 2.75) is 39.8 Å². The van der Waals surface area contributed by atoms with Gasteiger partial charge in [-0.3, -0.25) is 20.2 Å². The van der Waals surface area contributed by atoms with Crippen molar-refractivity contribution < 1.29 is 19.4 Å². The molecule has 1 amide bonds. The molecule has 0 radical (unpaired) electrons. The molecule has 2 rings (SSSR count). The Kier molecular flexibility index (Phi) is 6.53. The molecule has 2 aromatic rings. The number of ether oxygens (including phenoxy) is 1. The molecule has 0 aromatic heterocycles. The molecule has 2 aromatic carbocycles. The summed E-state index contributed by atoms with van der Waals surface area (Å²) in [4.78, 5) is 35.0. The number of nitrogens with zero attached hydrogens (tertiary/aromatic N) is 3. The minimum atomic E-state index is -0.652. The molecular formula is C20H23N3O6. The first kappa shape index (κ1) is 21.8. The zero-order valence-electron chi connectivity index (χ0n) is 16.7. The number of carbonyl (C=O) groups excluding carboxylic acids is 1. The monoisotopic (exact) mass is 401 g/mol. The molecule has 0 bridgehead atoms. The quantitative estimate of drug-likeness (QED) is 0.501. The molecule has 0 N–H and O–H groups in total. The molecule has 9 heteroatoms.